The highest BCUT2D eigenvalue weighted by Gasteiger charge is 2.11. The standard InChI is InChI=1S/C17H11ClN4OS2/c18-14-7-3-12(4-8-14)10-24-17-22-21-16(25-17)20-15(23)13-5-1-11(9-19)2-6-13/h1-8H,10H2,(H,20,21,23). The highest BCUT2D eigenvalue weighted by atomic mass is 35.5. The molecule has 1 aromatic heterocycles. The van der Waals surface area contributed by atoms with Crippen LogP contribution in [-0.4, -0.2) is 16.1 Å². The van der Waals surface area contributed by atoms with Crippen LogP contribution in [0, 0.1) is 11.3 Å². The lowest BCUT2D eigenvalue weighted by atomic mass is 10.1. The van der Waals surface area contributed by atoms with Crippen LogP contribution in [0.25, 0.3) is 0 Å². The second-order valence-corrected chi connectivity index (χ2v) is 7.57. The fraction of sp³-hybridized carbons (Fsp3) is 0.0588. The van der Waals surface area contributed by atoms with Gasteiger partial charge in [0.2, 0.25) is 5.13 Å². The van der Waals surface area contributed by atoms with Crippen molar-refractivity contribution in [1.29, 1.82) is 5.26 Å². The lowest BCUT2D eigenvalue weighted by molar-refractivity contribution is 0.102. The van der Waals surface area contributed by atoms with E-state index in [4.69, 9.17) is 16.9 Å². The van der Waals surface area contributed by atoms with Gasteiger partial charge < -0.3 is 0 Å². The van der Waals surface area contributed by atoms with Gasteiger partial charge >= 0.3 is 0 Å². The average Bonchev–Trinajstić information content (AvgIpc) is 3.08. The second-order valence-electron chi connectivity index (χ2n) is 4.93. The molecular formula is C17H11ClN4OS2. The Bertz CT molecular complexity index is 917. The maximum Gasteiger partial charge on any atom is 0.257 e. The smallest absolute Gasteiger partial charge is 0.257 e. The Kier molecular flexibility index (Phi) is 5.66. The highest BCUT2D eigenvalue weighted by molar-refractivity contribution is 8.00. The van der Waals surface area contributed by atoms with Gasteiger partial charge in [-0.1, -0.05) is 46.8 Å². The van der Waals surface area contributed by atoms with Gasteiger partial charge in [-0.2, -0.15) is 5.26 Å². The van der Waals surface area contributed by atoms with Crippen LogP contribution in [-0.2, 0) is 5.75 Å². The van der Waals surface area contributed by atoms with E-state index < -0.39 is 0 Å². The van der Waals surface area contributed by atoms with Crippen LogP contribution in [0.3, 0.4) is 0 Å². The zero-order valence-electron chi connectivity index (χ0n) is 12.8. The van der Waals surface area contributed by atoms with Crippen LogP contribution in [0.15, 0.2) is 52.9 Å². The van der Waals surface area contributed by atoms with Gasteiger partial charge in [0.1, 0.15) is 0 Å². The SMILES string of the molecule is N#Cc1ccc(C(=O)Nc2nnc(SCc3ccc(Cl)cc3)s2)cc1. The first kappa shape index (κ1) is 17.4. The molecule has 8 heteroatoms. The van der Waals surface area contributed by atoms with Crippen LogP contribution in [0.2, 0.25) is 5.02 Å². The van der Waals surface area contributed by atoms with E-state index in [0.717, 1.165) is 15.7 Å². The molecule has 124 valence electrons. The van der Waals surface area contributed by atoms with E-state index in [2.05, 4.69) is 15.5 Å². The zero-order chi connectivity index (χ0) is 17.6. The lowest BCUT2D eigenvalue weighted by Gasteiger charge is -2.00. The Morgan fingerprint density at radius 2 is 1.88 bits per heavy atom. The first-order valence-corrected chi connectivity index (χ1v) is 9.34. The molecule has 1 heterocycles. The van der Waals surface area contributed by atoms with Crippen LogP contribution in [0.1, 0.15) is 21.5 Å². The van der Waals surface area contributed by atoms with Crippen molar-refractivity contribution in [2.75, 3.05) is 5.32 Å². The maximum absolute atomic E-state index is 12.2. The summed E-state index contributed by atoms with van der Waals surface area (Å²) in [7, 11) is 0. The molecule has 0 spiro atoms. The number of rotatable bonds is 5. The summed E-state index contributed by atoms with van der Waals surface area (Å²) in [4.78, 5) is 12.2. The molecule has 0 unspecified atom stereocenters. The fourth-order valence-corrected chi connectivity index (χ4v) is 3.74. The molecule has 0 bridgehead atoms. The number of hydrogen-bond acceptors (Lipinski definition) is 6. The molecular weight excluding hydrogens is 376 g/mol. The Morgan fingerprint density at radius 1 is 1.16 bits per heavy atom. The van der Waals surface area contributed by atoms with E-state index >= 15 is 0 Å². The predicted molar refractivity (Wildman–Crippen MR) is 100 cm³/mol. The van der Waals surface area contributed by atoms with Gasteiger partial charge in [-0.05, 0) is 42.0 Å². The lowest BCUT2D eigenvalue weighted by Crippen LogP contribution is -2.11. The number of nitrogens with zero attached hydrogens (tertiary/aromatic N) is 3. The second kappa shape index (κ2) is 8.12. The van der Waals surface area contributed by atoms with Gasteiger partial charge in [0, 0.05) is 16.3 Å². The summed E-state index contributed by atoms with van der Waals surface area (Å²) in [6, 6.07) is 16.0. The number of carbonyl (C=O) groups is 1. The number of aromatic nitrogens is 2. The van der Waals surface area contributed by atoms with Crippen molar-refractivity contribution in [3.8, 4) is 6.07 Å². The minimum atomic E-state index is -0.283. The monoisotopic (exact) mass is 386 g/mol. The van der Waals surface area contributed by atoms with E-state index in [0.29, 0.717) is 21.3 Å². The van der Waals surface area contributed by atoms with Gasteiger partial charge in [-0.15, -0.1) is 10.2 Å². The number of thioether (sulfide) groups is 1. The van der Waals surface area contributed by atoms with Crippen molar-refractivity contribution in [2.45, 2.75) is 10.1 Å². The van der Waals surface area contributed by atoms with Crippen LogP contribution >= 0.6 is 34.7 Å². The number of nitrogens with one attached hydrogen (secondary N) is 1. The Labute approximate surface area is 157 Å². The molecule has 3 aromatic rings. The molecule has 3 rings (SSSR count). The van der Waals surface area contributed by atoms with Crippen molar-refractivity contribution in [2.24, 2.45) is 0 Å². The minimum absolute atomic E-state index is 0.283. The largest absolute Gasteiger partial charge is 0.296 e. The summed E-state index contributed by atoms with van der Waals surface area (Å²) in [5.41, 5.74) is 2.10. The average molecular weight is 387 g/mol. The van der Waals surface area contributed by atoms with Gasteiger partial charge in [0.25, 0.3) is 5.91 Å². The van der Waals surface area contributed by atoms with Crippen LogP contribution in [0.4, 0.5) is 5.13 Å². The summed E-state index contributed by atoms with van der Waals surface area (Å²) >= 11 is 8.72. The normalized spacial score (nSPS) is 10.2. The number of amides is 1. The minimum Gasteiger partial charge on any atom is -0.296 e. The first-order valence-electron chi connectivity index (χ1n) is 7.16. The third-order valence-electron chi connectivity index (χ3n) is 3.18. The third kappa shape index (κ3) is 4.79. The number of anilines is 1. The molecule has 0 saturated heterocycles. The van der Waals surface area contributed by atoms with Gasteiger partial charge in [-0.25, -0.2) is 0 Å². The quantitative estimate of drug-likeness (QED) is 0.511. The van der Waals surface area contributed by atoms with Crippen molar-refractivity contribution >= 4 is 45.7 Å². The number of carbonyl (C=O) groups excluding carboxylic acids is 1. The predicted octanol–water partition coefficient (Wildman–Crippen LogP) is 4.61. The Balaban J connectivity index is 1.58. The highest BCUT2D eigenvalue weighted by Crippen LogP contribution is 2.28. The van der Waals surface area contributed by atoms with Crippen LogP contribution in [0.5, 0.6) is 0 Å². The molecule has 0 aliphatic heterocycles. The number of nitriles is 1. The number of benzene rings is 2. The van der Waals surface area contributed by atoms with E-state index in [1.165, 1.54) is 11.3 Å². The number of halogens is 1. The Hall–Kier alpha value is -2.40. The molecule has 0 aliphatic carbocycles. The molecule has 0 atom stereocenters. The molecule has 1 amide bonds. The summed E-state index contributed by atoms with van der Waals surface area (Å²) in [6.45, 7) is 0. The van der Waals surface area contributed by atoms with Crippen LogP contribution < -0.4 is 5.32 Å². The molecule has 25 heavy (non-hydrogen) atoms. The van der Waals surface area contributed by atoms with E-state index in [1.54, 1.807) is 36.0 Å². The summed E-state index contributed by atoms with van der Waals surface area (Å²) in [6.07, 6.45) is 0. The van der Waals surface area contributed by atoms with Gasteiger partial charge in [0.15, 0.2) is 4.34 Å². The van der Waals surface area contributed by atoms with Gasteiger partial charge in [-0.3, -0.25) is 10.1 Å². The molecule has 5 nitrogen and oxygen atoms in total. The summed E-state index contributed by atoms with van der Waals surface area (Å²) in [5.74, 6) is 0.463. The molecule has 0 saturated carbocycles. The van der Waals surface area contributed by atoms with E-state index in [-0.39, 0.29) is 5.91 Å². The summed E-state index contributed by atoms with van der Waals surface area (Å²) in [5, 5.41) is 20.7. The van der Waals surface area contributed by atoms with Crippen molar-refractivity contribution in [3.63, 3.8) is 0 Å². The fourth-order valence-electron chi connectivity index (χ4n) is 1.91. The summed E-state index contributed by atoms with van der Waals surface area (Å²) < 4.78 is 0.769. The zero-order valence-corrected chi connectivity index (χ0v) is 15.2. The van der Waals surface area contributed by atoms with Crippen molar-refractivity contribution in [1.82, 2.24) is 10.2 Å². The Morgan fingerprint density at radius 3 is 2.56 bits per heavy atom. The van der Waals surface area contributed by atoms with E-state index in [1.807, 2.05) is 30.3 Å². The third-order valence-corrected chi connectivity index (χ3v) is 5.47. The van der Waals surface area contributed by atoms with E-state index in [9.17, 15) is 4.79 Å². The van der Waals surface area contributed by atoms with Crippen molar-refractivity contribution in [3.05, 3.63) is 70.2 Å². The molecule has 0 radical (unpaired) electrons. The van der Waals surface area contributed by atoms with Crippen molar-refractivity contribution < 1.29 is 4.79 Å². The maximum atomic E-state index is 12.2. The van der Waals surface area contributed by atoms with Gasteiger partial charge in [0.05, 0.1) is 11.6 Å². The first-order chi connectivity index (χ1) is 12.1. The molecule has 1 N–H and O–H groups in total. The number of hydrogen-bond donors (Lipinski definition) is 1. The molecule has 0 fully saturated rings. The topological polar surface area (TPSA) is 78.7 Å². The molecule has 0 aliphatic rings. The molecule has 2 aromatic carbocycles.